The van der Waals surface area contributed by atoms with Gasteiger partial charge in [-0.25, -0.2) is 18.2 Å². The average molecular weight is 597 g/mol. The van der Waals surface area contributed by atoms with Crippen LogP contribution < -0.4 is 13.8 Å². The first-order chi connectivity index (χ1) is 17.3. The van der Waals surface area contributed by atoms with Gasteiger partial charge < -0.3 is 14.2 Å². The normalized spacial score (nSPS) is 11.6. The molecule has 3 aromatic carbocycles. The lowest BCUT2D eigenvalue weighted by Crippen LogP contribution is -2.48. The third kappa shape index (κ3) is 7.32. The third-order valence-electron chi connectivity index (χ3n) is 4.87. The first kappa shape index (κ1) is 28.2. The number of fused-ring (bicyclic) bond motifs is 1. The van der Waals surface area contributed by atoms with Gasteiger partial charge in [0.05, 0.1) is 7.11 Å². The van der Waals surface area contributed by atoms with E-state index in [1.807, 2.05) is 6.07 Å². The molecule has 0 aliphatic rings. The Bertz CT molecular complexity index is 1410. The molecule has 0 atom stereocenters. The summed E-state index contributed by atoms with van der Waals surface area (Å²) in [4.78, 5) is 24.5. The van der Waals surface area contributed by atoms with Gasteiger partial charge in [0, 0.05) is 9.86 Å². The van der Waals surface area contributed by atoms with Gasteiger partial charge in [-0.3, -0.25) is 4.79 Å². The number of amides is 1. The Balaban J connectivity index is 2.17. The number of benzene rings is 3. The van der Waals surface area contributed by atoms with Gasteiger partial charge in [0.2, 0.25) is 0 Å². The van der Waals surface area contributed by atoms with E-state index in [-0.39, 0.29) is 17.7 Å². The minimum atomic E-state index is -4.88. The van der Waals surface area contributed by atoms with E-state index < -0.39 is 45.9 Å². The summed E-state index contributed by atoms with van der Waals surface area (Å²) in [6.45, 7) is 3.65. The molecule has 12 heteroatoms. The predicted octanol–water partition coefficient (Wildman–Crippen LogP) is 5.07. The molecule has 3 rings (SSSR count). The molecular weight excluding hydrogens is 571 g/mol. The molecule has 0 unspecified atom stereocenters. The molecule has 0 fully saturated rings. The van der Waals surface area contributed by atoms with E-state index in [4.69, 9.17) is 9.47 Å². The van der Waals surface area contributed by atoms with Crippen LogP contribution in [0.15, 0.2) is 59.1 Å². The highest BCUT2D eigenvalue weighted by Crippen LogP contribution is 2.39. The van der Waals surface area contributed by atoms with Crippen molar-refractivity contribution < 1.29 is 36.6 Å². The van der Waals surface area contributed by atoms with Crippen molar-refractivity contribution in [2.24, 2.45) is 0 Å². The van der Waals surface area contributed by atoms with Crippen LogP contribution in [0.25, 0.3) is 10.8 Å². The summed E-state index contributed by atoms with van der Waals surface area (Å²) >= 11 is 3.34. The van der Waals surface area contributed by atoms with Gasteiger partial charge in [-0.15, -0.1) is 0 Å². The number of esters is 1. The van der Waals surface area contributed by atoms with Crippen LogP contribution in [0.5, 0.6) is 5.75 Å². The second-order valence-electron chi connectivity index (χ2n) is 8.87. The monoisotopic (exact) mass is 596 g/mol. The molecule has 0 aliphatic heterocycles. The number of nitrogens with zero attached hydrogens (tertiary/aromatic N) is 1. The molecule has 198 valence electrons. The summed E-state index contributed by atoms with van der Waals surface area (Å²) in [5, 5.41) is 0.474. The Morgan fingerprint density at radius 1 is 1.08 bits per heavy atom. The van der Waals surface area contributed by atoms with Crippen molar-refractivity contribution >= 4 is 54.7 Å². The van der Waals surface area contributed by atoms with Crippen molar-refractivity contribution in [1.29, 1.82) is 0 Å². The summed E-state index contributed by atoms with van der Waals surface area (Å²) in [5.41, 5.74) is -0.858. The lowest BCUT2D eigenvalue weighted by atomic mass is 10.1. The van der Waals surface area contributed by atoms with Crippen LogP contribution in [0.2, 0.25) is 0 Å². The zero-order valence-corrected chi connectivity index (χ0v) is 23.0. The molecule has 0 spiro atoms. The molecule has 1 amide bonds. The molecule has 0 bridgehead atoms. The van der Waals surface area contributed by atoms with E-state index >= 15 is 4.39 Å². The number of hydrogen-bond donors (Lipinski definition) is 1. The molecule has 0 radical (unpaired) electrons. The number of rotatable bonds is 8. The van der Waals surface area contributed by atoms with Gasteiger partial charge in [-0.05, 0) is 49.9 Å². The summed E-state index contributed by atoms with van der Waals surface area (Å²) in [5.74, 6) is -2.16. The highest BCUT2D eigenvalue weighted by Gasteiger charge is 2.34. The number of ether oxygens (including phenoxy) is 3. The van der Waals surface area contributed by atoms with E-state index in [2.05, 4.69) is 20.7 Å². The Labute approximate surface area is 222 Å². The molecular formula is C25H26BrFN2O7S. The number of anilines is 1. The molecule has 1 N–H and O–H groups in total. The van der Waals surface area contributed by atoms with Gasteiger partial charge in [0.15, 0.2) is 5.82 Å². The fourth-order valence-corrected chi connectivity index (χ4v) is 4.73. The standard InChI is InChI=1S/C25H26BrFN2O7S/c1-25(2,3)36-24(31)28-37(32,33)29(14-21(30)34-4)23-20(35-15-16-8-6-5-7-9-16)13-17-12-18(26)10-11-19(17)22(23)27/h5-13H,14-15H2,1-4H3,(H,28,31). The average Bonchev–Trinajstić information content (AvgIpc) is 2.80. The number of nitrogens with one attached hydrogen (secondary N) is 1. The highest BCUT2D eigenvalue weighted by atomic mass is 79.9. The molecule has 0 saturated heterocycles. The van der Waals surface area contributed by atoms with Crippen LogP contribution in [0.3, 0.4) is 0 Å². The Kier molecular flexibility index (Phi) is 8.64. The lowest BCUT2D eigenvalue weighted by molar-refractivity contribution is -0.138. The van der Waals surface area contributed by atoms with Gasteiger partial charge in [-0.2, -0.15) is 8.42 Å². The minimum absolute atomic E-state index is 0.0294. The van der Waals surface area contributed by atoms with Crippen LogP contribution >= 0.6 is 15.9 Å². The smallest absolute Gasteiger partial charge is 0.422 e. The third-order valence-corrected chi connectivity index (χ3v) is 6.68. The first-order valence-corrected chi connectivity index (χ1v) is 13.2. The number of hydrogen-bond acceptors (Lipinski definition) is 7. The number of methoxy groups -OCH3 is 1. The zero-order valence-electron chi connectivity index (χ0n) is 20.6. The maximum absolute atomic E-state index is 16.0. The van der Waals surface area contributed by atoms with Crippen LogP contribution in [0, 0.1) is 5.82 Å². The van der Waals surface area contributed by atoms with Gasteiger partial charge >= 0.3 is 22.3 Å². The minimum Gasteiger partial charge on any atom is -0.487 e. The summed E-state index contributed by atoms with van der Waals surface area (Å²) in [6, 6.07) is 15.1. The van der Waals surface area contributed by atoms with E-state index in [1.54, 1.807) is 61.9 Å². The zero-order chi connectivity index (χ0) is 27.4. The SMILES string of the molecule is COC(=O)CN(c1c(OCc2ccccc2)cc2cc(Br)ccc2c1F)S(=O)(=O)NC(=O)OC(C)(C)C. The van der Waals surface area contributed by atoms with Gasteiger partial charge in [-0.1, -0.05) is 52.3 Å². The van der Waals surface area contributed by atoms with Crippen molar-refractivity contribution in [3.63, 3.8) is 0 Å². The summed E-state index contributed by atoms with van der Waals surface area (Å²) in [7, 11) is -3.83. The van der Waals surface area contributed by atoms with Crippen molar-refractivity contribution in [2.45, 2.75) is 33.0 Å². The van der Waals surface area contributed by atoms with Crippen molar-refractivity contribution in [1.82, 2.24) is 4.72 Å². The van der Waals surface area contributed by atoms with Crippen LogP contribution in [0.4, 0.5) is 14.9 Å². The van der Waals surface area contributed by atoms with Gasteiger partial charge in [0.1, 0.15) is 30.2 Å². The second kappa shape index (κ2) is 11.3. The molecule has 0 heterocycles. The molecule has 37 heavy (non-hydrogen) atoms. The Morgan fingerprint density at radius 2 is 1.76 bits per heavy atom. The Morgan fingerprint density at radius 3 is 2.38 bits per heavy atom. The van der Waals surface area contributed by atoms with Crippen LogP contribution in [-0.4, -0.2) is 39.7 Å². The lowest BCUT2D eigenvalue weighted by Gasteiger charge is -2.27. The predicted molar refractivity (Wildman–Crippen MR) is 140 cm³/mol. The van der Waals surface area contributed by atoms with E-state index in [9.17, 15) is 18.0 Å². The number of carbonyl (C=O) groups excluding carboxylic acids is 2. The van der Waals surface area contributed by atoms with Crippen LogP contribution in [-0.2, 0) is 31.1 Å². The second-order valence-corrected chi connectivity index (χ2v) is 11.4. The molecule has 3 aromatic rings. The number of halogens is 2. The van der Waals surface area contributed by atoms with Crippen LogP contribution in [0.1, 0.15) is 26.3 Å². The molecule has 0 aromatic heterocycles. The summed E-state index contributed by atoms with van der Waals surface area (Å²) in [6.07, 6.45) is -1.31. The van der Waals surface area contributed by atoms with Crippen molar-refractivity contribution in [2.75, 3.05) is 18.0 Å². The molecule has 0 saturated carbocycles. The van der Waals surface area contributed by atoms with Crippen molar-refractivity contribution in [3.05, 3.63) is 70.5 Å². The largest absolute Gasteiger partial charge is 0.487 e. The van der Waals surface area contributed by atoms with Crippen molar-refractivity contribution in [3.8, 4) is 5.75 Å². The maximum atomic E-state index is 16.0. The fourth-order valence-electron chi connectivity index (χ4n) is 3.30. The number of carbonyl (C=O) groups is 2. The van der Waals surface area contributed by atoms with E-state index in [0.29, 0.717) is 14.2 Å². The summed E-state index contributed by atoms with van der Waals surface area (Å²) < 4.78 is 61.0. The fraction of sp³-hybridized carbons (Fsp3) is 0.280. The quantitative estimate of drug-likeness (QED) is 0.361. The molecule has 0 aliphatic carbocycles. The molecule has 9 nitrogen and oxygen atoms in total. The Hall–Kier alpha value is -3.38. The topological polar surface area (TPSA) is 111 Å². The van der Waals surface area contributed by atoms with Gasteiger partial charge in [0.25, 0.3) is 0 Å². The van der Waals surface area contributed by atoms with E-state index in [1.165, 1.54) is 12.1 Å². The maximum Gasteiger partial charge on any atom is 0.422 e. The highest BCUT2D eigenvalue weighted by molar-refractivity contribution is 9.10. The van der Waals surface area contributed by atoms with E-state index in [0.717, 1.165) is 12.7 Å². The first-order valence-electron chi connectivity index (χ1n) is 11.0.